The molecule has 3 N–H and O–H groups in total. The highest BCUT2D eigenvalue weighted by Crippen LogP contribution is 2.28. The number of aryl methyl sites for hydroxylation is 1. The monoisotopic (exact) mass is 395 g/mol. The molecule has 4 rings (SSSR count). The van der Waals surface area contributed by atoms with Crippen molar-refractivity contribution in [3.05, 3.63) is 59.2 Å². The zero-order valence-electron chi connectivity index (χ0n) is 15.6. The third-order valence-corrected chi connectivity index (χ3v) is 4.64. The molecule has 1 aromatic carbocycles. The van der Waals surface area contributed by atoms with Crippen molar-refractivity contribution in [2.24, 2.45) is 5.73 Å². The lowest BCUT2D eigenvalue weighted by Crippen LogP contribution is -2.41. The van der Waals surface area contributed by atoms with Crippen molar-refractivity contribution in [3.8, 4) is 11.3 Å². The molecule has 0 spiro atoms. The van der Waals surface area contributed by atoms with Crippen molar-refractivity contribution < 1.29 is 14.0 Å². The van der Waals surface area contributed by atoms with Gasteiger partial charge in [-0.05, 0) is 31.2 Å². The van der Waals surface area contributed by atoms with Crippen LogP contribution in [0.25, 0.3) is 11.3 Å². The first-order valence-corrected chi connectivity index (χ1v) is 8.94. The first kappa shape index (κ1) is 18.5. The molecule has 1 aliphatic heterocycles. The summed E-state index contributed by atoms with van der Waals surface area (Å²) in [4.78, 5) is 26.3. The van der Waals surface area contributed by atoms with Crippen LogP contribution in [0.15, 0.2) is 36.4 Å². The number of nitrogens with zero attached hydrogens (tertiary/aromatic N) is 5. The molecule has 2 aromatic heterocycles. The largest absolute Gasteiger partial charge is 0.365 e. The summed E-state index contributed by atoms with van der Waals surface area (Å²) in [6.07, 6.45) is 0. The Morgan fingerprint density at radius 1 is 1.17 bits per heavy atom. The number of amides is 3. The highest BCUT2D eigenvalue weighted by Gasteiger charge is 2.29. The summed E-state index contributed by atoms with van der Waals surface area (Å²) in [7, 11) is 0. The van der Waals surface area contributed by atoms with Crippen LogP contribution in [0.1, 0.15) is 21.7 Å². The minimum atomic E-state index is -0.683. The van der Waals surface area contributed by atoms with Crippen molar-refractivity contribution in [1.29, 1.82) is 0 Å². The number of hydrogen-bond donors (Lipinski definition) is 2. The van der Waals surface area contributed by atoms with E-state index in [0.29, 0.717) is 35.9 Å². The van der Waals surface area contributed by atoms with E-state index in [0.717, 1.165) is 5.69 Å². The fourth-order valence-corrected chi connectivity index (χ4v) is 3.24. The number of nitrogens with one attached hydrogen (secondary N) is 1. The van der Waals surface area contributed by atoms with Gasteiger partial charge in [0.05, 0.1) is 30.0 Å². The van der Waals surface area contributed by atoms with E-state index in [4.69, 9.17) is 5.73 Å². The number of rotatable bonds is 3. The summed E-state index contributed by atoms with van der Waals surface area (Å²) in [5.74, 6) is -0.795. The Kier molecular flexibility index (Phi) is 4.67. The van der Waals surface area contributed by atoms with Gasteiger partial charge in [0, 0.05) is 12.1 Å². The summed E-state index contributed by atoms with van der Waals surface area (Å²) in [5.41, 5.74) is 7.78. The summed E-state index contributed by atoms with van der Waals surface area (Å²) in [5, 5.41) is 14.9. The van der Waals surface area contributed by atoms with Crippen LogP contribution >= 0.6 is 0 Å². The van der Waals surface area contributed by atoms with E-state index in [1.807, 2.05) is 0 Å². The smallest absolute Gasteiger partial charge is 0.323 e. The van der Waals surface area contributed by atoms with Crippen LogP contribution in [-0.2, 0) is 13.1 Å². The van der Waals surface area contributed by atoms with Gasteiger partial charge in [0.2, 0.25) is 0 Å². The molecule has 0 saturated carbocycles. The lowest BCUT2D eigenvalue weighted by atomic mass is 10.0. The van der Waals surface area contributed by atoms with E-state index in [-0.39, 0.29) is 18.1 Å². The van der Waals surface area contributed by atoms with Crippen LogP contribution in [0.2, 0.25) is 0 Å². The van der Waals surface area contributed by atoms with Crippen LogP contribution < -0.4 is 11.1 Å². The number of carbonyl (C=O) groups is 2. The topological polar surface area (TPSA) is 119 Å². The molecule has 148 valence electrons. The van der Waals surface area contributed by atoms with Crippen LogP contribution in [0.5, 0.6) is 0 Å². The molecule has 3 amide bonds. The van der Waals surface area contributed by atoms with Crippen LogP contribution in [0.4, 0.5) is 15.0 Å². The Morgan fingerprint density at radius 3 is 2.69 bits per heavy atom. The van der Waals surface area contributed by atoms with E-state index in [1.54, 1.807) is 29.8 Å². The zero-order valence-corrected chi connectivity index (χ0v) is 15.6. The molecule has 0 fully saturated rings. The van der Waals surface area contributed by atoms with Crippen LogP contribution in [-0.4, -0.2) is 43.4 Å². The summed E-state index contributed by atoms with van der Waals surface area (Å²) < 4.78 is 15.3. The quantitative estimate of drug-likeness (QED) is 0.702. The number of halogens is 1. The Hall–Kier alpha value is -3.82. The second kappa shape index (κ2) is 7.30. The molecule has 0 radical (unpaired) electrons. The number of urea groups is 1. The molecule has 0 aliphatic carbocycles. The summed E-state index contributed by atoms with van der Waals surface area (Å²) in [6, 6.07) is 8.82. The Balaban J connectivity index is 1.62. The summed E-state index contributed by atoms with van der Waals surface area (Å²) >= 11 is 0. The van der Waals surface area contributed by atoms with Gasteiger partial charge in [0.15, 0.2) is 5.82 Å². The van der Waals surface area contributed by atoms with Gasteiger partial charge in [0.1, 0.15) is 11.5 Å². The minimum absolute atomic E-state index is 0.131. The van der Waals surface area contributed by atoms with Gasteiger partial charge in [-0.1, -0.05) is 12.1 Å². The van der Waals surface area contributed by atoms with Crippen molar-refractivity contribution in [2.75, 3.05) is 11.9 Å². The van der Waals surface area contributed by atoms with Crippen molar-refractivity contribution >= 4 is 17.8 Å². The molecule has 10 heteroatoms. The third-order valence-electron chi connectivity index (χ3n) is 4.64. The number of aromatic nitrogens is 4. The fourth-order valence-electron chi connectivity index (χ4n) is 3.24. The molecule has 1 aliphatic rings. The number of carbonyl (C=O) groups excluding carboxylic acids is 2. The first-order valence-electron chi connectivity index (χ1n) is 8.94. The Labute approximate surface area is 165 Å². The van der Waals surface area contributed by atoms with Gasteiger partial charge < -0.3 is 10.6 Å². The van der Waals surface area contributed by atoms with Gasteiger partial charge in [-0.3, -0.25) is 14.8 Å². The van der Waals surface area contributed by atoms with Gasteiger partial charge in [0.25, 0.3) is 5.91 Å². The average Bonchev–Trinajstić information content (AvgIpc) is 3.08. The Bertz CT molecular complexity index is 1090. The predicted molar refractivity (Wildman–Crippen MR) is 102 cm³/mol. The van der Waals surface area contributed by atoms with Crippen LogP contribution in [0.3, 0.4) is 0 Å². The number of anilines is 1. The molecule has 3 heterocycles. The highest BCUT2D eigenvalue weighted by molar-refractivity contribution is 6.00. The lowest BCUT2D eigenvalue weighted by Gasteiger charge is -2.28. The molecule has 0 bridgehead atoms. The predicted octanol–water partition coefficient (Wildman–Crippen LogP) is 1.93. The minimum Gasteiger partial charge on any atom is -0.365 e. The molecular formula is C19H18FN7O2. The second-order valence-electron chi connectivity index (χ2n) is 6.68. The van der Waals surface area contributed by atoms with E-state index in [9.17, 15) is 14.0 Å². The van der Waals surface area contributed by atoms with Gasteiger partial charge in [-0.25, -0.2) is 9.18 Å². The highest BCUT2D eigenvalue weighted by atomic mass is 19.1. The number of benzene rings is 1. The van der Waals surface area contributed by atoms with Gasteiger partial charge in [-0.15, -0.1) is 5.10 Å². The zero-order chi connectivity index (χ0) is 20.5. The number of primary amides is 1. The van der Waals surface area contributed by atoms with E-state index >= 15 is 0 Å². The van der Waals surface area contributed by atoms with E-state index in [1.165, 1.54) is 23.1 Å². The molecule has 0 atom stereocenters. The number of fused-ring (bicyclic) bond motifs is 1. The van der Waals surface area contributed by atoms with Crippen LogP contribution in [0, 0.1) is 12.7 Å². The Morgan fingerprint density at radius 2 is 2.00 bits per heavy atom. The molecule has 0 unspecified atom stereocenters. The number of hydrogen-bond acceptors (Lipinski definition) is 5. The van der Waals surface area contributed by atoms with Crippen molar-refractivity contribution in [3.63, 3.8) is 0 Å². The number of nitrogens with two attached hydrogens (primary N) is 1. The van der Waals surface area contributed by atoms with Crippen molar-refractivity contribution in [2.45, 2.75) is 20.0 Å². The molecular weight excluding hydrogens is 377 g/mol. The van der Waals surface area contributed by atoms with E-state index in [2.05, 4.69) is 20.6 Å². The average molecular weight is 395 g/mol. The standard InChI is InChI=1S/C19H18FN7O2/c1-11-5-6-15(24-23-11)22-19(29)26-7-8-27-14(10-26)16(18(21)28)17(25-27)12-3-2-4-13(20)9-12/h2-6,9H,7-8,10H2,1H3,(H2,21,28)(H,22,24,29). The van der Waals surface area contributed by atoms with Gasteiger partial charge in [-0.2, -0.15) is 10.2 Å². The maximum atomic E-state index is 13.6. The third kappa shape index (κ3) is 3.64. The normalized spacial score (nSPS) is 13.1. The molecule has 3 aromatic rings. The maximum absolute atomic E-state index is 13.6. The molecule has 29 heavy (non-hydrogen) atoms. The second-order valence-corrected chi connectivity index (χ2v) is 6.68. The SMILES string of the molecule is Cc1ccc(NC(=O)N2CCn3nc(-c4cccc(F)c4)c(C(N)=O)c3C2)nn1. The van der Waals surface area contributed by atoms with E-state index < -0.39 is 11.7 Å². The molecule has 9 nitrogen and oxygen atoms in total. The first-order chi connectivity index (χ1) is 13.9. The maximum Gasteiger partial charge on any atom is 0.323 e. The van der Waals surface area contributed by atoms with Gasteiger partial charge >= 0.3 is 6.03 Å². The fraction of sp³-hybridized carbons (Fsp3) is 0.211. The van der Waals surface area contributed by atoms with Crippen molar-refractivity contribution in [1.82, 2.24) is 24.9 Å². The lowest BCUT2D eigenvalue weighted by molar-refractivity contribution is 0.0997. The molecule has 0 saturated heterocycles. The summed E-state index contributed by atoms with van der Waals surface area (Å²) in [6.45, 7) is 2.68.